The van der Waals surface area contributed by atoms with Gasteiger partial charge in [-0.3, -0.25) is 0 Å². The molecule has 2 aromatic carbocycles. The third kappa shape index (κ3) is 8.23. The van der Waals surface area contributed by atoms with Gasteiger partial charge in [0, 0.05) is 19.1 Å². The first-order chi connectivity index (χ1) is 17.6. The molecule has 0 aromatic heterocycles. The Morgan fingerprint density at radius 2 is 1.00 bits per heavy atom. The van der Waals surface area contributed by atoms with E-state index in [0.29, 0.717) is 13.2 Å². The monoisotopic (exact) mass is 526 g/mol. The normalized spacial score (nSPS) is 14.8. The van der Waals surface area contributed by atoms with Crippen LogP contribution >= 0.6 is 0 Å². The molecular formula is C34H54O4. The van der Waals surface area contributed by atoms with Crippen LogP contribution in [0.4, 0.5) is 0 Å². The summed E-state index contributed by atoms with van der Waals surface area (Å²) in [5.41, 5.74) is 7.52. The van der Waals surface area contributed by atoms with Gasteiger partial charge in [0.05, 0.1) is 0 Å². The van der Waals surface area contributed by atoms with Crippen LogP contribution in [0.15, 0.2) is 24.3 Å². The van der Waals surface area contributed by atoms with Crippen LogP contribution in [0.25, 0.3) is 0 Å². The summed E-state index contributed by atoms with van der Waals surface area (Å²) in [6.45, 7) is 29.4. The summed E-state index contributed by atoms with van der Waals surface area (Å²) in [5, 5.41) is 0. The molecule has 4 heteroatoms. The molecular weight excluding hydrogens is 472 g/mol. The van der Waals surface area contributed by atoms with Crippen molar-refractivity contribution in [1.82, 2.24) is 0 Å². The molecule has 0 heterocycles. The van der Waals surface area contributed by atoms with Gasteiger partial charge in [0.2, 0.25) is 0 Å². The quantitative estimate of drug-likeness (QED) is 0.258. The third-order valence-corrected chi connectivity index (χ3v) is 7.07. The van der Waals surface area contributed by atoms with Crippen molar-refractivity contribution in [3.8, 4) is 11.5 Å². The molecule has 0 aliphatic rings. The van der Waals surface area contributed by atoms with Gasteiger partial charge < -0.3 is 18.9 Å². The third-order valence-electron chi connectivity index (χ3n) is 7.07. The standard InChI is InChI=1S/C34H54O4/c1-14-17-26(27-20-29(33(8,9)10)31(18-22(27)4)37-24(6)35-15-2)28-21-30(34(11,12)13)32(19-23(28)5)38-25(7)36-16-3/h18-21,24-26H,14-17H2,1-13H3. The van der Waals surface area contributed by atoms with Crippen LogP contribution in [0.1, 0.15) is 128 Å². The lowest BCUT2D eigenvalue weighted by atomic mass is 9.76. The second-order valence-corrected chi connectivity index (χ2v) is 12.5. The summed E-state index contributed by atoms with van der Waals surface area (Å²) in [4.78, 5) is 0. The molecule has 0 amide bonds. The van der Waals surface area contributed by atoms with Crippen LogP contribution in [0.5, 0.6) is 11.5 Å². The molecule has 4 nitrogen and oxygen atoms in total. The molecule has 0 radical (unpaired) electrons. The second-order valence-electron chi connectivity index (χ2n) is 12.5. The first-order valence-corrected chi connectivity index (χ1v) is 14.5. The Labute approximate surface area is 233 Å². The van der Waals surface area contributed by atoms with Gasteiger partial charge in [-0.25, -0.2) is 0 Å². The zero-order valence-corrected chi connectivity index (χ0v) is 26.5. The van der Waals surface area contributed by atoms with Gasteiger partial charge in [-0.2, -0.15) is 0 Å². The van der Waals surface area contributed by atoms with Gasteiger partial charge in [0.15, 0.2) is 12.6 Å². The van der Waals surface area contributed by atoms with Gasteiger partial charge in [-0.15, -0.1) is 0 Å². The van der Waals surface area contributed by atoms with Gasteiger partial charge in [-0.1, -0.05) is 67.0 Å². The molecule has 0 aliphatic heterocycles. The fourth-order valence-electron chi connectivity index (χ4n) is 5.18. The maximum atomic E-state index is 6.30. The van der Waals surface area contributed by atoms with Crippen molar-refractivity contribution in [3.05, 3.63) is 57.6 Å². The maximum Gasteiger partial charge on any atom is 0.196 e. The van der Waals surface area contributed by atoms with Crippen LogP contribution < -0.4 is 9.47 Å². The topological polar surface area (TPSA) is 36.9 Å². The van der Waals surface area contributed by atoms with E-state index in [9.17, 15) is 0 Å². The van der Waals surface area contributed by atoms with E-state index in [4.69, 9.17) is 18.9 Å². The highest BCUT2D eigenvalue weighted by atomic mass is 16.7. The first kappa shape index (κ1) is 32.2. The number of benzene rings is 2. The van der Waals surface area contributed by atoms with E-state index in [-0.39, 0.29) is 29.3 Å². The summed E-state index contributed by atoms with van der Waals surface area (Å²) in [6.07, 6.45) is 1.58. The number of ether oxygens (including phenoxy) is 4. The number of hydrogen-bond donors (Lipinski definition) is 0. The average Bonchev–Trinajstić information content (AvgIpc) is 2.77. The Bertz CT molecular complexity index is 960. The Kier molecular flexibility index (Phi) is 11.3. The molecule has 0 aliphatic carbocycles. The average molecular weight is 527 g/mol. The summed E-state index contributed by atoms with van der Waals surface area (Å²) in [5.74, 6) is 2.10. The second kappa shape index (κ2) is 13.3. The van der Waals surface area contributed by atoms with Crippen LogP contribution in [0, 0.1) is 13.8 Å². The van der Waals surface area contributed by atoms with Crippen LogP contribution in [0.3, 0.4) is 0 Å². The van der Waals surface area contributed by atoms with Crippen LogP contribution in [0.2, 0.25) is 0 Å². The predicted octanol–water partition coefficient (Wildman–Crippen LogP) is 9.35. The lowest BCUT2D eigenvalue weighted by molar-refractivity contribution is -0.0625. The maximum absolute atomic E-state index is 6.30. The molecule has 38 heavy (non-hydrogen) atoms. The molecule has 0 saturated carbocycles. The minimum absolute atomic E-state index is 0.0702. The van der Waals surface area contributed by atoms with E-state index in [2.05, 4.69) is 86.6 Å². The van der Waals surface area contributed by atoms with E-state index in [1.54, 1.807) is 0 Å². The highest BCUT2D eigenvalue weighted by Crippen LogP contribution is 2.43. The number of aryl methyl sites for hydroxylation is 2. The lowest BCUT2D eigenvalue weighted by Crippen LogP contribution is -2.22. The van der Waals surface area contributed by atoms with Gasteiger partial charge >= 0.3 is 0 Å². The highest BCUT2D eigenvalue weighted by Gasteiger charge is 2.28. The summed E-state index contributed by atoms with van der Waals surface area (Å²) < 4.78 is 24.0. The van der Waals surface area contributed by atoms with Crippen LogP contribution in [-0.2, 0) is 20.3 Å². The Morgan fingerprint density at radius 3 is 1.29 bits per heavy atom. The van der Waals surface area contributed by atoms with Crippen molar-refractivity contribution in [1.29, 1.82) is 0 Å². The minimum atomic E-state index is -0.291. The Hall–Kier alpha value is -2.04. The molecule has 2 unspecified atom stereocenters. The molecule has 2 aromatic rings. The van der Waals surface area contributed by atoms with E-state index < -0.39 is 0 Å². The summed E-state index contributed by atoms with van der Waals surface area (Å²) in [7, 11) is 0. The fourth-order valence-corrected chi connectivity index (χ4v) is 5.18. The van der Waals surface area contributed by atoms with Crippen molar-refractivity contribution >= 4 is 0 Å². The van der Waals surface area contributed by atoms with E-state index in [1.165, 1.54) is 33.4 Å². The van der Waals surface area contributed by atoms with Crippen molar-refractivity contribution in [2.75, 3.05) is 13.2 Å². The van der Waals surface area contributed by atoms with Crippen molar-refractivity contribution < 1.29 is 18.9 Å². The molecule has 0 N–H and O–H groups in total. The predicted molar refractivity (Wildman–Crippen MR) is 160 cm³/mol. The van der Waals surface area contributed by atoms with Crippen molar-refractivity contribution in [2.24, 2.45) is 0 Å². The molecule has 2 rings (SSSR count). The Balaban J connectivity index is 2.72. The van der Waals surface area contributed by atoms with E-state index >= 15 is 0 Å². The van der Waals surface area contributed by atoms with Crippen molar-refractivity contribution in [3.63, 3.8) is 0 Å². The molecule has 0 spiro atoms. The van der Waals surface area contributed by atoms with E-state index in [0.717, 1.165) is 24.3 Å². The first-order valence-electron chi connectivity index (χ1n) is 14.5. The van der Waals surface area contributed by atoms with E-state index in [1.807, 2.05) is 27.7 Å². The zero-order chi connectivity index (χ0) is 28.8. The summed E-state index contributed by atoms with van der Waals surface area (Å²) in [6, 6.07) is 9.22. The van der Waals surface area contributed by atoms with Gasteiger partial charge in [-0.05, 0) is 104 Å². The van der Waals surface area contributed by atoms with Crippen LogP contribution in [-0.4, -0.2) is 25.8 Å². The largest absolute Gasteiger partial charge is 0.465 e. The molecule has 214 valence electrons. The minimum Gasteiger partial charge on any atom is -0.465 e. The van der Waals surface area contributed by atoms with Gasteiger partial charge in [0.1, 0.15) is 11.5 Å². The number of rotatable bonds is 12. The molecule has 0 saturated heterocycles. The summed E-state index contributed by atoms with van der Waals surface area (Å²) >= 11 is 0. The Morgan fingerprint density at radius 1 is 0.632 bits per heavy atom. The molecule has 0 bridgehead atoms. The molecule has 0 fully saturated rings. The SMILES string of the molecule is CCCC(c1cc(C(C)(C)C)c(OC(C)OCC)cc1C)c1cc(C(C)(C)C)c(OC(C)OCC)cc1C. The highest BCUT2D eigenvalue weighted by molar-refractivity contribution is 5.53. The lowest BCUT2D eigenvalue weighted by Gasteiger charge is -2.31. The zero-order valence-electron chi connectivity index (χ0n) is 26.5. The molecule has 2 atom stereocenters. The number of hydrogen-bond acceptors (Lipinski definition) is 4. The fraction of sp³-hybridized carbons (Fsp3) is 0.647. The van der Waals surface area contributed by atoms with Crippen molar-refractivity contribution in [2.45, 2.75) is 132 Å². The smallest absolute Gasteiger partial charge is 0.196 e. The van der Waals surface area contributed by atoms with Gasteiger partial charge in [0.25, 0.3) is 0 Å².